The monoisotopic (exact) mass is 304 g/mol. The standard InChI is InChI=1S/C17H24N2OS/c1-16(2,3)10-17(4,5)19-15(20)14-9-11-8-12(18)6-7-13(11)21-14/h6-9H,10,18H2,1-5H3,(H,19,20). The summed E-state index contributed by atoms with van der Waals surface area (Å²) in [5, 5.41) is 4.17. The Kier molecular flexibility index (Phi) is 4.02. The summed E-state index contributed by atoms with van der Waals surface area (Å²) < 4.78 is 1.09. The lowest BCUT2D eigenvalue weighted by molar-refractivity contribution is 0.0895. The van der Waals surface area contributed by atoms with E-state index in [1.807, 2.05) is 24.3 Å². The van der Waals surface area contributed by atoms with Gasteiger partial charge < -0.3 is 11.1 Å². The van der Waals surface area contributed by atoms with Crippen LogP contribution in [-0.2, 0) is 0 Å². The maximum Gasteiger partial charge on any atom is 0.261 e. The Morgan fingerprint density at radius 3 is 2.48 bits per heavy atom. The Morgan fingerprint density at radius 2 is 1.86 bits per heavy atom. The van der Waals surface area contributed by atoms with Gasteiger partial charge in [0, 0.05) is 15.9 Å². The van der Waals surface area contributed by atoms with Gasteiger partial charge in [-0.25, -0.2) is 0 Å². The van der Waals surface area contributed by atoms with Gasteiger partial charge in [-0.15, -0.1) is 11.3 Å². The van der Waals surface area contributed by atoms with Crippen LogP contribution in [0, 0.1) is 5.41 Å². The first kappa shape index (κ1) is 15.8. The molecule has 4 heteroatoms. The van der Waals surface area contributed by atoms with Crippen LogP contribution in [-0.4, -0.2) is 11.4 Å². The van der Waals surface area contributed by atoms with Crippen molar-refractivity contribution in [3.05, 3.63) is 29.1 Å². The molecule has 1 heterocycles. The molecule has 21 heavy (non-hydrogen) atoms. The Hall–Kier alpha value is -1.55. The average Bonchev–Trinajstić information content (AvgIpc) is 2.67. The number of benzene rings is 1. The Bertz CT molecular complexity index is 665. The number of hydrogen-bond acceptors (Lipinski definition) is 3. The van der Waals surface area contributed by atoms with Crippen molar-refractivity contribution in [3.8, 4) is 0 Å². The van der Waals surface area contributed by atoms with Crippen molar-refractivity contribution in [2.75, 3.05) is 5.73 Å². The second-order valence-electron chi connectivity index (χ2n) is 7.48. The minimum absolute atomic E-state index is 0.0102. The zero-order valence-electron chi connectivity index (χ0n) is 13.4. The Labute approximate surface area is 130 Å². The number of carbonyl (C=O) groups is 1. The van der Waals surface area contributed by atoms with Gasteiger partial charge >= 0.3 is 0 Å². The van der Waals surface area contributed by atoms with Crippen molar-refractivity contribution >= 4 is 33.0 Å². The van der Waals surface area contributed by atoms with E-state index in [2.05, 4.69) is 39.9 Å². The molecule has 0 bridgehead atoms. The maximum absolute atomic E-state index is 12.5. The van der Waals surface area contributed by atoms with E-state index in [1.165, 1.54) is 11.3 Å². The van der Waals surface area contributed by atoms with Crippen molar-refractivity contribution in [1.29, 1.82) is 0 Å². The number of fused-ring (bicyclic) bond motifs is 1. The van der Waals surface area contributed by atoms with Crippen LogP contribution in [0.25, 0.3) is 10.1 Å². The van der Waals surface area contributed by atoms with Gasteiger partial charge in [0.15, 0.2) is 0 Å². The predicted molar refractivity (Wildman–Crippen MR) is 91.9 cm³/mol. The van der Waals surface area contributed by atoms with Crippen LogP contribution in [0.1, 0.15) is 50.7 Å². The van der Waals surface area contributed by atoms with Gasteiger partial charge in [0.05, 0.1) is 4.88 Å². The molecule has 0 saturated heterocycles. The third-order valence-corrected chi connectivity index (χ3v) is 4.30. The van der Waals surface area contributed by atoms with Crippen LogP contribution in [0.4, 0.5) is 5.69 Å². The lowest BCUT2D eigenvalue weighted by atomic mass is 9.82. The van der Waals surface area contributed by atoms with E-state index in [0.717, 1.165) is 27.1 Å². The van der Waals surface area contributed by atoms with Gasteiger partial charge in [0.2, 0.25) is 0 Å². The molecule has 3 nitrogen and oxygen atoms in total. The predicted octanol–water partition coefficient (Wildman–Crippen LogP) is 4.43. The highest BCUT2D eigenvalue weighted by atomic mass is 32.1. The molecule has 3 N–H and O–H groups in total. The van der Waals surface area contributed by atoms with Crippen molar-refractivity contribution in [2.45, 2.75) is 46.6 Å². The van der Waals surface area contributed by atoms with E-state index in [4.69, 9.17) is 5.73 Å². The summed E-state index contributed by atoms with van der Waals surface area (Å²) in [4.78, 5) is 13.2. The number of carbonyl (C=O) groups excluding carboxylic acids is 1. The van der Waals surface area contributed by atoms with E-state index in [0.29, 0.717) is 0 Å². The number of nitrogen functional groups attached to an aromatic ring is 1. The molecule has 0 atom stereocenters. The van der Waals surface area contributed by atoms with Gasteiger partial charge in [0.1, 0.15) is 0 Å². The smallest absolute Gasteiger partial charge is 0.261 e. The maximum atomic E-state index is 12.5. The fourth-order valence-corrected chi connectivity index (χ4v) is 3.85. The number of amides is 1. The summed E-state index contributed by atoms with van der Waals surface area (Å²) in [5.41, 5.74) is 6.45. The van der Waals surface area contributed by atoms with Crippen molar-refractivity contribution < 1.29 is 4.79 Å². The molecular weight excluding hydrogens is 280 g/mol. The Morgan fingerprint density at radius 1 is 1.19 bits per heavy atom. The minimum atomic E-state index is -0.232. The minimum Gasteiger partial charge on any atom is -0.399 e. The summed E-state index contributed by atoms with van der Waals surface area (Å²) in [5.74, 6) is -0.0102. The fourth-order valence-electron chi connectivity index (χ4n) is 2.91. The fraction of sp³-hybridized carbons (Fsp3) is 0.471. The third-order valence-electron chi connectivity index (χ3n) is 3.19. The Balaban J connectivity index is 2.18. The lowest BCUT2D eigenvalue weighted by Gasteiger charge is -2.33. The zero-order valence-corrected chi connectivity index (χ0v) is 14.2. The van der Waals surface area contributed by atoms with Gasteiger partial charge in [-0.05, 0) is 55.3 Å². The SMILES string of the molecule is CC(C)(C)CC(C)(C)NC(=O)c1cc2cc(N)ccc2s1. The molecule has 2 rings (SSSR count). The highest BCUT2D eigenvalue weighted by Gasteiger charge is 2.27. The van der Waals surface area contributed by atoms with Crippen molar-refractivity contribution in [2.24, 2.45) is 5.41 Å². The third kappa shape index (κ3) is 4.21. The van der Waals surface area contributed by atoms with Gasteiger partial charge in [-0.3, -0.25) is 4.79 Å². The highest BCUT2D eigenvalue weighted by Crippen LogP contribution is 2.30. The van der Waals surface area contributed by atoms with E-state index in [1.54, 1.807) is 0 Å². The number of thiophene rings is 1. The van der Waals surface area contributed by atoms with Crippen LogP contribution in [0.2, 0.25) is 0 Å². The van der Waals surface area contributed by atoms with Crippen LogP contribution < -0.4 is 11.1 Å². The molecule has 0 aliphatic rings. The van der Waals surface area contributed by atoms with E-state index in [9.17, 15) is 4.79 Å². The zero-order chi connectivity index (χ0) is 15.8. The van der Waals surface area contributed by atoms with E-state index in [-0.39, 0.29) is 16.9 Å². The molecule has 0 aliphatic carbocycles. The summed E-state index contributed by atoms with van der Waals surface area (Å²) in [6.07, 6.45) is 0.920. The lowest BCUT2D eigenvalue weighted by Crippen LogP contribution is -2.45. The second-order valence-corrected chi connectivity index (χ2v) is 8.57. The summed E-state index contributed by atoms with van der Waals surface area (Å²) in [6.45, 7) is 10.7. The van der Waals surface area contributed by atoms with Crippen LogP contribution >= 0.6 is 11.3 Å². The number of rotatable bonds is 3. The molecule has 0 fully saturated rings. The first-order valence-corrected chi connectivity index (χ1v) is 7.99. The van der Waals surface area contributed by atoms with Gasteiger partial charge in [-0.2, -0.15) is 0 Å². The molecule has 2 aromatic rings. The first-order chi connectivity index (χ1) is 9.56. The molecule has 0 saturated carbocycles. The first-order valence-electron chi connectivity index (χ1n) is 7.17. The quantitative estimate of drug-likeness (QED) is 0.824. The number of anilines is 1. The molecular formula is C17H24N2OS. The number of hydrogen-bond donors (Lipinski definition) is 2. The van der Waals surface area contributed by atoms with Crippen molar-refractivity contribution in [1.82, 2.24) is 5.32 Å². The van der Waals surface area contributed by atoms with Crippen LogP contribution in [0.15, 0.2) is 24.3 Å². The van der Waals surface area contributed by atoms with Gasteiger partial charge in [0.25, 0.3) is 5.91 Å². The van der Waals surface area contributed by atoms with Gasteiger partial charge in [-0.1, -0.05) is 20.8 Å². The molecule has 114 valence electrons. The second kappa shape index (κ2) is 5.34. The van der Waals surface area contributed by atoms with Crippen molar-refractivity contribution in [3.63, 3.8) is 0 Å². The van der Waals surface area contributed by atoms with E-state index < -0.39 is 0 Å². The molecule has 0 radical (unpaired) electrons. The summed E-state index contributed by atoms with van der Waals surface area (Å²) in [6, 6.07) is 7.65. The van der Waals surface area contributed by atoms with Crippen LogP contribution in [0.3, 0.4) is 0 Å². The summed E-state index contributed by atoms with van der Waals surface area (Å²) >= 11 is 1.51. The molecule has 0 unspecified atom stereocenters. The molecule has 0 spiro atoms. The molecule has 1 amide bonds. The normalized spacial score (nSPS) is 12.6. The molecule has 1 aromatic heterocycles. The summed E-state index contributed by atoms with van der Waals surface area (Å²) in [7, 11) is 0. The largest absolute Gasteiger partial charge is 0.399 e. The molecule has 1 aromatic carbocycles. The number of nitrogens with two attached hydrogens (primary N) is 1. The highest BCUT2D eigenvalue weighted by molar-refractivity contribution is 7.20. The van der Waals surface area contributed by atoms with Crippen LogP contribution in [0.5, 0.6) is 0 Å². The van der Waals surface area contributed by atoms with E-state index >= 15 is 0 Å². The topological polar surface area (TPSA) is 55.1 Å². The number of nitrogens with one attached hydrogen (secondary N) is 1. The molecule has 0 aliphatic heterocycles. The average molecular weight is 304 g/mol.